The first-order valence-corrected chi connectivity index (χ1v) is 7.11. The highest BCUT2D eigenvalue weighted by Crippen LogP contribution is 2.10. The first-order valence-electron chi connectivity index (χ1n) is 7.11. The maximum atomic E-state index is 12.4. The van der Waals surface area contributed by atoms with Crippen LogP contribution in [0.1, 0.15) is 25.8 Å². The van der Waals surface area contributed by atoms with Crippen LogP contribution >= 0.6 is 0 Å². The molecular formula is C17H22N2O. The second-order valence-corrected chi connectivity index (χ2v) is 5.27. The van der Waals surface area contributed by atoms with Crippen molar-refractivity contribution in [3.05, 3.63) is 60.4 Å². The Morgan fingerprint density at radius 1 is 1.10 bits per heavy atom. The summed E-state index contributed by atoms with van der Waals surface area (Å²) in [6.45, 7) is 5.56. The number of nitrogens with zero attached hydrogens (tertiary/aromatic N) is 2. The maximum absolute atomic E-state index is 12.4. The lowest BCUT2D eigenvalue weighted by atomic mass is 10.1. The molecule has 1 heterocycles. The van der Waals surface area contributed by atoms with Crippen LogP contribution in [0.15, 0.2) is 54.9 Å². The lowest BCUT2D eigenvalue weighted by Crippen LogP contribution is -2.36. The van der Waals surface area contributed by atoms with Crippen LogP contribution in [-0.4, -0.2) is 21.4 Å². The van der Waals surface area contributed by atoms with E-state index in [-0.39, 0.29) is 11.9 Å². The van der Waals surface area contributed by atoms with Gasteiger partial charge in [0.1, 0.15) is 0 Å². The minimum absolute atomic E-state index is 0.206. The molecule has 0 bridgehead atoms. The van der Waals surface area contributed by atoms with E-state index in [1.807, 2.05) is 52.2 Å². The highest BCUT2D eigenvalue weighted by atomic mass is 16.2. The van der Waals surface area contributed by atoms with Crippen LogP contribution in [0.3, 0.4) is 0 Å². The smallest absolute Gasteiger partial charge is 0.224 e. The van der Waals surface area contributed by atoms with Crippen molar-refractivity contribution >= 4 is 5.91 Å². The molecule has 20 heavy (non-hydrogen) atoms. The summed E-state index contributed by atoms with van der Waals surface area (Å²) in [5.41, 5.74) is 1.18. The van der Waals surface area contributed by atoms with E-state index in [1.54, 1.807) is 0 Å². The van der Waals surface area contributed by atoms with Crippen LogP contribution in [0.4, 0.5) is 0 Å². The van der Waals surface area contributed by atoms with Crippen molar-refractivity contribution < 1.29 is 4.79 Å². The minimum Gasteiger partial charge on any atom is -0.354 e. The van der Waals surface area contributed by atoms with Crippen molar-refractivity contribution in [1.82, 2.24) is 9.47 Å². The molecule has 1 aromatic heterocycles. The molecule has 0 fully saturated rings. The molecule has 0 saturated heterocycles. The van der Waals surface area contributed by atoms with Gasteiger partial charge in [-0.3, -0.25) is 4.79 Å². The second kappa shape index (κ2) is 6.94. The van der Waals surface area contributed by atoms with E-state index in [9.17, 15) is 4.79 Å². The molecule has 1 aromatic carbocycles. The Labute approximate surface area is 120 Å². The number of rotatable bonds is 6. The molecule has 0 aliphatic heterocycles. The summed E-state index contributed by atoms with van der Waals surface area (Å²) in [5, 5.41) is 0. The fraction of sp³-hybridized carbons (Fsp3) is 0.353. The highest BCUT2D eigenvalue weighted by Gasteiger charge is 2.16. The van der Waals surface area contributed by atoms with Gasteiger partial charge in [-0.05, 0) is 31.5 Å². The summed E-state index contributed by atoms with van der Waals surface area (Å²) in [6, 6.07) is 14.3. The van der Waals surface area contributed by atoms with E-state index < -0.39 is 0 Å². The van der Waals surface area contributed by atoms with Gasteiger partial charge < -0.3 is 9.47 Å². The summed E-state index contributed by atoms with van der Waals surface area (Å²) in [6.07, 6.45) is 4.52. The molecule has 2 rings (SSSR count). The topological polar surface area (TPSA) is 25.2 Å². The third kappa shape index (κ3) is 3.98. The van der Waals surface area contributed by atoms with Gasteiger partial charge in [0.25, 0.3) is 0 Å². The average molecular weight is 270 g/mol. The summed E-state index contributed by atoms with van der Waals surface area (Å²) in [4.78, 5) is 14.3. The Hall–Kier alpha value is -2.03. The Morgan fingerprint density at radius 3 is 2.35 bits per heavy atom. The summed E-state index contributed by atoms with van der Waals surface area (Å²) in [7, 11) is 0. The summed E-state index contributed by atoms with van der Waals surface area (Å²) >= 11 is 0. The molecule has 0 saturated carbocycles. The predicted molar refractivity (Wildman–Crippen MR) is 81.2 cm³/mol. The van der Waals surface area contributed by atoms with E-state index in [0.29, 0.717) is 13.0 Å². The van der Waals surface area contributed by atoms with Crippen molar-refractivity contribution in [2.45, 2.75) is 39.4 Å². The van der Waals surface area contributed by atoms with E-state index in [4.69, 9.17) is 0 Å². The van der Waals surface area contributed by atoms with Crippen molar-refractivity contribution in [2.75, 3.05) is 0 Å². The molecule has 0 aliphatic carbocycles. The van der Waals surface area contributed by atoms with E-state index in [1.165, 1.54) is 5.56 Å². The number of hydrogen-bond acceptors (Lipinski definition) is 1. The lowest BCUT2D eigenvalue weighted by Gasteiger charge is -2.27. The van der Waals surface area contributed by atoms with Crippen LogP contribution in [0.2, 0.25) is 0 Å². The summed E-state index contributed by atoms with van der Waals surface area (Å²) in [5.74, 6) is 0.206. The fourth-order valence-corrected chi connectivity index (χ4v) is 2.23. The van der Waals surface area contributed by atoms with Gasteiger partial charge >= 0.3 is 0 Å². The zero-order valence-electron chi connectivity index (χ0n) is 12.2. The van der Waals surface area contributed by atoms with Crippen LogP contribution < -0.4 is 0 Å². The van der Waals surface area contributed by atoms with Gasteiger partial charge in [-0.2, -0.15) is 0 Å². The van der Waals surface area contributed by atoms with Crippen LogP contribution in [0.25, 0.3) is 0 Å². The SMILES string of the molecule is CC(C)N(Cc1ccccc1)C(=O)CCn1cccc1. The molecule has 0 aliphatic rings. The molecule has 0 unspecified atom stereocenters. The van der Waals surface area contributed by atoms with Gasteiger partial charge in [-0.15, -0.1) is 0 Å². The number of hydrogen-bond donors (Lipinski definition) is 0. The number of aryl methyl sites for hydroxylation is 1. The van der Waals surface area contributed by atoms with Gasteiger partial charge in [-0.1, -0.05) is 30.3 Å². The maximum Gasteiger partial charge on any atom is 0.224 e. The van der Waals surface area contributed by atoms with E-state index in [0.717, 1.165) is 6.54 Å². The van der Waals surface area contributed by atoms with Crippen molar-refractivity contribution in [3.8, 4) is 0 Å². The number of amides is 1. The first-order chi connectivity index (χ1) is 9.66. The van der Waals surface area contributed by atoms with Crippen molar-refractivity contribution in [2.24, 2.45) is 0 Å². The normalized spacial score (nSPS) is 10.8. The standard InChI is InChI=1S/C17H22N2O/c1-15(2)19(14-16-8-4-3-5-9-16)17(20)10-13-18-11-6-7-12-18/h3-9,11-12,15H,10,13-14H2,1-2H3. The summed E-state index contributed by atoms with van der Waals surface area (Å²) < 4.78 is 2.04. The van der Waals surface area contributed by atoms with Gasteiger partial charge in [0.05, 0.1) is 0 Å². The largest absolute Gasteiger partial charge is 0.354 e. The molecule has 3 nitrogen and oxygen atoms in total. The number of carbonyl (C=O) groups is 1. The molecule has 0 N–H and O–H groups in total. The zero-order valence-corrected chi connectivity index (χ0v) is 12.2. The molecule has 0 atom stereocenters. The highest BCUT2D eigenvalue weighted by molar-refractivity contribution is 5.76. The van der Waals surface area contributed by atoms with Gasteiger partial charge in [0, 0.05) is 37.9 Å². The van der Waals surface area contributed by atoms with Crippen molar-refractivity contribution in [1.29, 1.82) is 0 Å². The fourth-order valence-electron chi connectivity index (χ4n) is 2.23. The molecule has 0 radical (unpaired) electrons. The average Bonchev–Trinajstić information content (AvgIpc) is 2.96. The first kappa shape index (κ1) is 14.4. The lowest BCUT2D eigenvalue weighted by molar-refractivity contribution is -0.133. The third-order valence-corrected chi connectivity index (χ3v) is 3.39. The molecular weight excluding hydrogens is 248 g/mol. The zero-order chi connectivity index (χ0) is 14.4. The monoisotopic (exact) mass is 270 g/mol. The van der Waals surface area contributed by atoms with Gasteiger partial charge in [-0.25, -0.2) is 0 Å². The Bertz CT molecular complexity index is 517. The number of benzene rings is 1. The molecule has 0 spiro atoms. The predicted octanol–water partition coefficient (Wildman–Crippen LogP) is 3.32. The molecule has 2 aromatic rings. The van der Waals surface area contributed by atoms with Crippen molar-refractivity contribution in [3.63, 3.8) is 0 Å². The number of carbonyl (C=O) groups excluding carboxylic acids is 1. The van der Waals surface area contributed by atoms with E-state index in [2.05, 4.69) is 26.0 Å². The second-order valence-electron chi connectivity index (χ2n) is 5.27. The minimum atomic E-state index is 0.206. The Morgan fingerprint density at radius 2 is 1.75 bits per heavy atom. The van der Waals surface area contributed by atoms with E-state index >= 15 is 0 Å². The molecule has 106 valence electrons. The number of aromatic nitrogens is 1. The third-order valence-electron chi connectivity index (χ3n) is 3.39. The quantitative estimate of drug-likeness (QED) is 0.790. The molecule has 1 amide bonds. The van der Waals surface area contributed by atoms with Crippen LogP contribution in [-0.2, 0) is 17.9 Å². The van der Waals surface area contributed by atoms with Crippen LogP contribution in [0, 0.1) is 0 Å². The van der Waals surface area contributed by atoms with Crippen LogP contribution in [0.5, 0.6) is 0 Å². The van der Waals surface area contributed by atoms with Gasteiger partial charge in [0.2, 0.25) is 5.91 Å². The Kier molecular flexibility index (Phi) is 4.99. The molecule has 3 heteroatoms. The Balaban J connectivity index is 1.95. The van der Waals surface area contributed by atoms with Gasteiger partial charge in [0.15, 0.2) is 0 Å².